The van der Waals surface area contributed by atoms with Gasteiger partial charge in [-0.1, -0.05) is 60.7 Å². The van der Waals surface area contributed by atoms with E-state index in [4.69, 9.17) is 19.2 Å². The average Bonchev–Trinajstić information content (AvgIpc) is 2.29. The average molecular weight is 318 g/mol. The second kappa shape index (κ2) is 14.2. The quantitative estimate of drug-likeness (QED) is 0.386. The van der Waals surface area contributed by atoms with E-state index in [0.29, 0.717) is 0 Å². The van der Waals surface area contributed by atoms with Crippen LogP contribution in [0.5, 0.6) is 0 Å². The molecule has 2 aromatic carbocycles. The van der Waals surface area contributed by atoms with Crippen LogP contribution in [0.4, 0.5) is 0 Å². The van der Waals surface area contributed by atoms with Gasteiger partial charge in [0.15, 0.2) is 0 Å². The van der Waals surface area contributed by atoms with Crippen LogP contribution >= 0.6 is 7.82 Å². The zero-order valence-corrected chi connectivity index (χ0v) is 18.7. The van der Waals surface area contributed by atoms with E-state index in [9.17, 15) is 0 Å². The van der Waals surface area contributed by atoms with Gasteiger partial charge in [0.25, 0.3) is 0 Å². The van der Waals surface area contributed by atoms with Crippen molar-refractivity contribution in [2.24, 2.45) is 0 Å². The van der Waals surface area contributed by atoms with Crippen LogP contribution in [0.3, 0.4) is 0 Å². The normalized spacial score (nSPS) is 8.75. The molecular weight excluding hydrogens is 308 g/mol. The summed E-state index contributed by atoms with van der Waals surface area (Å²) < 4.78 is 8.55. The molecule has 4 nitrogen and oxygen atoms in total. The van der Waals surface area contributed by atoms with Gasteiger partial charge in [-0.05, 0) is 11.1 Å². The molecule has 0 aliphatic rings. The molecule has 0 bridgehead atoms. The Kier molecular flexibility index (Phi) is 18.7. The van der Waals surface area contributed by atoms with Gasteiger partial charge in [0.05, 0.1) is 0 Å². The maximum atomic E-state index is 8.55. The summed E-state index contributed by atoms with van der Waals surface area (Å²) in [5.74, 6) is 0. The molecule has 0 N–H and O–H groups in total. The van der Waals surface area contributed by atoms with Crippen molar-refractivity contribution in [3.8, 4) is 11.1 Å². The second-order valence-electron chi connectivity index (χ2n) is 3.18. The van der Waals surface area contributed by atoms with Gasteiger partial charge in [0, 0.05) is 0 Å². The summed E-state index contributed by atoms with van der Waals surface area (Å²) in [7, 11) is -5.39. The van der Waals surface area contributed by atoms with E-state index in [1.54, 1.807) is 0 Å². The predicted octanol–water partition coefficient (Wildman–Crippen LogP) is -8.46. The van der Waals surface area contributed by atoms with E-state index in [1.165, 1.54) is 11.1 Å². The molecule has 20 heavy (non-hydrogen) atoms. The molecule has 0 aliphatic carbocycles. The molecule has 2 rings (SSSR count). The van der Waals surface area contributed by atoms with E-state index in [0.717, 1.165) is 0 Å². The van der Waals surface area contributed by atoms with Gasteiger partial charge in [-0.2, -0.15) is 7.82 Å². The van der Waals surface area contributed by atoms with Gasteiger partial charge in [0.2, 0.25) is 0 Å². The Hall–Kier alpha value is 1.55. The van der Waals surface area contributed by atoms with Crippen molar-refractivity contribution in [2.75, 3.05) is 0 Å². The Morgan fingerprint density at radius 2 is 0.800 bits per heavy atom. The molecule has 0 fully saturated rings. The first-order chi connectivity index (χ1) is 7.97. The minimum atomic E-state index is -5.39. The topological polar surface area (TPSA) is 86.2 Å². The number of phosphoric acid groups is 1. The molecule has 0 heterocycles. The first-order valence-corrected chi connectivity index (χ1v) is 6.26. The number of hydrogen-bond donors (Lipinski definition) is 0. The summed E-state index contributed by atoms with van der Waals surface area (Å²) >= 11 is 0. The molecule has 2 aromatic rings. The van der Waals surface area contributed by atoms with E-state index >= 15 is 0 Å². The summed E-state index contributed by atoms with van der Waals surface area (Å²) in [6.07, 6.45) is 0. The van der Waals surface area contributed by atoms with E-state index in [-0.39, 0.29) is 88.7 Å². The van der Waals surface area contributed by atoms with Gasteiger partial charge in [-0.3, -0.25) is 0 Å². The number of benzene rings is 2. The largest absolute Gasteiger partial charge is 1.00 e. The van der Waals surface area contributed by atoms with Crippen molar-refractivity contribution in [1.82, 2.24) is 0 Å². The van der Waals surface area contributed by atoms with E-state index in [2.05, 4.69) is 48.5 Å². The fraction of sp³-hybridized carbons (Fsp3) is 0. The Bertz CT molecular complexity index is 445. The molecule has 0 saturated heterocycles. The molecule has 0 radical (unpaired) electrons. The Morgan fingerprint density at radius 3 is 1.00 bits per heavy atom. The van der Waals surface area contributed by atoms with Crippen LogP contribution in [0.15, 0.2) is 60.7 Å². The van der Waals surface area contributed by atoms with Crippen LogP contribution in [0, 0.1) is 0 Å². The van der Waals surface area contributed by atoms with Crippen LogP contribution in [0.1, 0.15) is 0 Å². The zero-order chi connectivity index (χ0) is 12.7. The molecule has 0 atom stereocenters. The molecule has 90 valence electrons. The van der Waals surface area contributed by atoms with E-state index < -0.39 is 7.82 Å². The first-order valence-electron chi connectivity index (χ1n) is 4.80. The van der Waals surface area contributed by atoms with Gasteiger partial charge in [-0.15, -0.1) is 0 Å². The monoisotopic (exact) mass is 318 g/mol. The molecule has 0 aliphatic heterocycles. The molecule has 0 unspecified atom stereocenters. The molecule has 8 heteroatoms. The summed E-state index contributed by atoms with van der Waals surface area (Å²) in [4.78, 5) is 25.6. The van der Waals surface area contributed by atoms with Gasteiger partial charge in [0.1, 0.15) is 0 Å². The number of rotatable bonds is 1. The summed E-state index contributed by atoms with van der Waals surface area (Å²) in [5.41, 5.74) is 2.55. The summed E-state index contributed by atoms with van der Waals surface area (Å²) in [6, 6.07) is 20.8. The van der Waals surface area contributed by atoms with Crippen molar-refractivity contribution >= 4 is 7.82 Å². The Labute approximate surface area is 185 Å². The third-order valence-electron chi connectivity index (χ3n) is 1.88. The minimum Gasteiger partial charge on any atom is -0.822 e. The SMILES string of the molecule is O=P([O-])([O-])[O-].[Na+].[Na+].[Na+].c1ccc(-c2ccccc2)cc1. The fourth-order valence-corrected chi connectivity index (χ4v) is 1.26. The Morgan fingerprint density at radius 1 is 0.600 bits per heavy atom. The second-order valence-corrected chi connectivity index (χ2v) is 4.07. The van der Waals surface area contributed by atoms with Crippen molar-refractivity contribution in [3.05, 3.63) is 60.7 Å². The molecule has 0 amide bonds. The van der Waals surface area contributed by atoms with Crippen LogP contribution < -0.4 is 103 Å². The number of hydrogen-bond acceptors (Lipinski definition) is 4. The summed E-state index contributed by atoms with van der Waals surface area (Å²) in [5, 5.41) is 0. The van der Waals surface area contributed by atoms with Crippen LogP contribution in [-0.2, 0) is 4.57 Å². The third kappa shape index (κ3) is 14.5. The van der Waals surface area contributed by atoms with Crippen LogP contribution in [0.2, 0.25) is 0 Å². The summed E-state index contributed by atoms with van der Waals surface area (Å²) in [6.45, 7) is 0. The molecular formula is C12H10Na3O4P. The smallest absolute Gasteiger partial charge is 0.822 e. The van der Waals surface area contributed by atoms with Crippen molar-refractivity contribution in [2.45, 2.75) is 0 Å². The molecule has 0 saturated carbocycles. The van der Waals surface area contributed by atoms with Crippen molar-refractivity contribution < 1.29 is 108 Å². The standard InChI is InChI=1S/C12H10.3Na.H3O4P/c1-3-7-11(8-4-1)12-9-5-2-6-10-12;;;;1-5(2,3)4/h1-10H;;;;(H3,1,2,3,4)/q;3*+1;/p-3. The van der Waals surface area contributed by atoms with Gasteiger partial charge < -0.3 is 19.2 Å². The van der Waals surface area contributed by atoms with Gasteiger partial charge in [-0.25, -0.2) is 0 Å². The molecule has 0 aromatic heterocycles. The third-order valence-corrected chi connectivity index (χ3v) is 1.88. The van der Waals surface area contributed by atoms with Crippen molar-refractivity contribution in [1.29, 1.82) is 0 Å². The Balaban J connectivity index is -0.000000322. The molecule has 0 spiro atoms. The maximum absolute atomic E-state index is 8.55. The van der Waals surface area contributed by atoms with E-state index in [1.807, 2.05) is 12.1 Å². The van der Waals surface area contributed by atoms with Crippen LogP contribution in [0.25, 0.3) is 11.1 Å². The zero-order valence-electron chi connectivity index (χ0n) is 11.9. The van der Waals surface area contributed by atoms with Crippen LogP contribution in [-0.4, -0.2) is 0 Å². The minimum absolute atomic E-state index is 0. The first kappa shape index (κ1) is 26.4. The van der Waals surface area contributed by atoms with Crippen molar-refractivity contribution in [3.63, 3.8) is 0 Å². The fourth-order valence-electron chi connectivity index (χ4n) is 1.26. The van der Waals surface area contributed by atoms with Gasteiger partial charge >= 0.3 is 88.7 Å². The predicted molar refractivity (Wildman–Crippen MR) is 59.5 cm³/mol. The maximum Gasteiger partial charge on any atom is 1.00 e.